The number of carbonyl (C=O) groups is 1. The Morgan fingerprint density at radius 1 is 1.24 bits per heavy atom. The molecule has 2 amide bonds. The molecule has 0 radical (unpaired) electrons. The molecule has 0 unspecified atom stereocenters. The van der Waals surface area contributed by atoms with Gasteiger partial charge in [-0.3, -0.25) is 4.90 Å². The van der Waals surface area contributed by atoms with Crippen LogP contribution in [0.25, 0.3) is 0 Å². The maximum atomic E-state index is 12.4. The summed E-state index contributed by atoms with van der Waals surface area (Å²) in [7, 11) is 0. The zero-order chi connectivity index (χ0) is 20.8. The van der Waals surface area contributed by atoms with Crippen molar-refractivity contribution in [2.45, 2.75) is 58.9 Å². The molecule has 2 heterocycles. The third kappa shape index (κ3) is 6.01. The third-order valence-corrected chi connectivity index (χ3v) is 4.99. The number of ether oxygens (including phenoxy) is 1. The minimum Gasteiger partial charge on any atom is -0.373 e. The van der Waals surface area contributed by atoms with Crippen molar-refractivity contribution in [2.75, 3.05) is 25.0 Å². The third-order valence-electron chi connectivity index (χ3n) is 4.99. The van der Waals surface area contributed by atoms with Gasteiger partial charge in [-0.2, -0.15) is 0 Å². The van der Waals surface area contributed by atoms with Crippen molar-refractivity contribution in [3.05, 3.63) is 42.0 Å². The number of morpholine rings is 1. The van der Waals surface area contributed by atoms with E-state index in [1.54, 1.807) is 6.33 Å². The average Bonchev–Trinajstić information content (AvgIpc) is 3.11. The number of para-hydroxylation sites is 1. The van der Waals surface area contributed by atoms with Gasteiger partial charge in [-0.05, 0) is 39.3 Å². The number of aromatic nitrogens is 3. The van der Waals surface area contributed by atoms with Crippen LogP contribution in [0.5, 0.6) is 0 Å². The Labute approximate surface area is 172 Å². The number of nitrogens with zero attached hydrogens (tertiary/aromatic N) is 4. The maximum Gasteiger partial charge on any atom is 0.319 e. The molecule has 8 nitrogen and oxygen atoms in total. The van der Waals surface area contributed by atoms with Gasteiger partial charge in [0.1, 0.15) is 12.2 Å². The fraction of sp³-hybridized carbons (Fsp3) is 0.571. The molecule has 1 aliphatic rings. The van der Waals surface area contributed by atoms with Crippen molar-refractivity contribution < 1.29 is 9.53 Å². The van der Waals surface area contributed by atoms with E-state index in [4.69, 9.17) is 4.74 Å². The van der Waals surface area contributed by atoms with Gasteiger partial charge in [-0.1, -0.05) is 18.2 Å². The molecule has 1 aromatic heterocycles. The van der Waals surface area contributed by atoms with Crippen LogP contribution in [0.1, 0.15) is 45.1 Å². The number of anilines is 1. The van der Waals surface area contributed by atoms with Gasteiger partial charge in [-0.25, -0.2) is 4.79 Å². The number of amides is 2. The van der Waals surface area contributed by atoms with Crippen LogP contribution >= 0.6 is 0 Å². The molecule has 2 atom stereocenters. The lowest BCUT2D eigenvalue weighted by atomic mass is 10.1. The quantitative estimate of drug-likeness (QED) is 0.747. The highest BCUT2D eigenvalue weighted by molar-refractivity contribution is 5.90. The highest BCUT2D eigenvalue weighted by Crippen LogP contribution is 2.20. The molecule has 2 aromatic rings. The van der Waals surface area contributed by atoms with Crippen LogP contribution in [0.4, 0.5) is 10.5 Å². The smallest absolute Gasteiger partial charge is 0.319 e. The van der Waals surface area contributed by atoms with E-state index >= 15 is 0 Å². The summed E-state index contributed by atoms with van der Waals surface area (Å²) < 4.78 is 7.83. The zero-order valence-corrected chi connectivity index (χ0v) is 17.8. The van der Waals surface area contributed by atoms with Gasteiger partial charge >= 0.3 is 6.03 Å². The van der Waals surface area contributed by atoms with Gasteiger partial charge < -0.3 is 19.9 Å². The van der Waals surface area contributed by atoms with Crippen LogP contribution in [0, 0.1) is 0 Å². The fourth-order valence-corrected chi connectivity index (χ4v) is 3.77. The molecule has 0 spiro atoms. The number of urea groups is 1. The monoisotopic (exact) mass is 400 g/mol. The van der Waals surface area contributed by atoms with Crippen LogP contribution in [-0.2, 0) is 17.7 Å². The highest BCUT2D eigenvalue weighted by atomic mass is 16.5. The van der Waals surface area contributed by atoms with Gasteiger partial charge in [0.2, 0.25) is 0 Å². The van der Waals surface area contributed by atoms with E-state index in [0.29, 0.717) is 19.0 Å². The molecule has 29 heavy (non-hydrogen) atoms. The normalized spacial score (nSPS) is 20.0. The molecule has 0 aliphatic carbocycles. The Morgan fingerprint density at radius 2 is 1.97 bits per heavy atom. The molecular weight excluding hydrogens is 368 g/mol. The largest absolute Gasteiger partial charge is 0.373 e. The first-order valence-corrected chi connectivity index (χ1v) is 10.3. The minimum atomic E-state index is -0.211. The fourth-order valence-electron chi connectivity index (χ4n) is 3.77. The van der Waals surface area contributed by atoms with Crippen molar-refractivity contribution in [1.29, 1.82) is 0 Å². The summed E-state index contributed by atoms with van der Waals surface area (Å²) in [6, 6.07) is 8.03. The minimum absolute atomic E-state index is 0.211. The van der Waals surface area contributed by atoms with E-state index in [1.807, 2.05) is 22.8 Å². The molecule has 1 saturated heterocycles. The van der Waals surface area contributed by atoms with Crippen molar-refractivity contribution in [3.8, 4) is 0 Å². The second-order valence-corrected chi connectivity index (χ2v) is 7.99. The van der Waals surface area contributed by atoms with E-state index in [-0.39, 0.29) is 18.2 Å². The van der Waals surface area contributed by atoms with Gasteiger partial charge in [0.15, 0.2) is 0 Å². The molecule has 1 fully saturated rings. The Kier molecular flexibility index (Phi) is 7.22. The Hall–Kier alpha value is -2.45. The van der Waals surface area contributed by atoms with Gasteiger partial charge in [-0.15, -0.1) is 10.2 Å². The summed E-state index contributed by atoms with van der Waals surface area (Å²) in [6.45, 7) is 11.4. The lowest BCUT2D eigenvalue weighted by molar-refractivity contribution is -0.0704. The van der Waals surface area contributed by atoms with Crippen LogP contribution in [0.15, 0.2) is 30.6 Å². The first kappa shape index (κ1) is 21.3. The standard InChI is InChI=1S/C21H32N6O2/c1-15(2)27-14-23-25-20(27)9-10-22-21(28)24-19-8-6-5-7-18(19)13-26-11-16(3)29-17(4)12-26/h5-8,14-17H,9-13H2,1-4H3,(H2,22,24,28)/t16-,17+. The van der Waals surface area contributed by atoms with E-state index < -0.39 is 0 Å². The number of nitrogens with one attached hydrogen (secondary N) is 2. The van der Waals surface area contributed by atoms with Gasteiger partial charge in [0, 0.05) is 44.3 Å². The molecule has 0 bridgehead atoms. The Bertz CT molecular complexity index is 796. The van der Waals surface area contributed by atoms with Crippen LogP contribution in [0.3, 0.4) is 0 Å². The molecule has 0 saturated carbocycles. The van der Waals surface area contributed by atoms with E-state index in [9.17, 15) is 4.79 Å². The van der Waals surface area contributed by atoms with E-state index in [1.165, 1.54) is 0 Å². The average molecular weight is 401 g/mol. The van der Waals surface area contributed by atoms with Crippen LogP contribution in [-0.4, -0.2) is 57.5 Å². The summed E-state index contributed by atoms with van der Waals surface area (Å²) in [5.41, 5.74) is 1.94. The first-order valence-electron chi connectivity index (χ1n) is 10.3. The highest BCUT2D eigenvalue weighted by Gasteiger charge is 2.22. The lowest BCUT2D eigenvalue weighted by Gasteiger charge is -2.35. The number of carbonyl (C=O) groups excluding carboxylic acids is 1. The molecular formula is C21H32N6O2. The Morgan fingerprint density at radius 3 is 2.69 bits per heavy atom. The summed E-state index contributed by atoms with van der Waals surface area (Å²) in [4.78, 5) is 14.8. The molecule has 8 heteroatoms. The summed E-state index contributed by atoms with van der Waals surface area (Å²) in [5.74, 6) is 0.872. The summed E-state index contributed by atoms with van der Waals surface area (Å²) in [5, 5.41) is 14.0. The summed E-state index contributed by atoms with van der Waals surface area (Å²) in [6.07, 6.45) is 2.80. The lowest BCUT2D eigenvalue weighted by Crippen LogP contribution is -2.45. The summed E-state index contributed by atoms with van der Waals surface area (Å²) >= 11 is 0. The number of hydrogen-bond donors (Lipinski definition) is 2. The molecule has 2 N–H and O–H groups in total. The topological polar surface area (TPSA) is 84.3 Å². The van der Waals surface area contributed by atoms with Gasteiger partial charge in [0.05, 0.1) is 12.2 Å². The second kappa shape index (κ2) is 9.84. The van der Waals surface area contributed by atoms with Crippen LogP contribution in [0.2, 0.25) is 0 Å². The van der Waals surface area contributed by atoms with Gasteiger partial charge in [0.25, 0.3) is 0 Å². The van der Waals surface area contributed by atoms with E-state index in [0.717, 1.165) is 36.7 Å². The van der Waals surface area contributed by atoms with E-state index in [2.05, 4.69) is 59.5 Å². The molecule has 1 aromatic carbocycles. The second-order valence-electron chi connectivity index (χ2n) is 7.99. The Balaban J connectivity index is 1.53. The molecule has 158 valence electrons. The number of hydrogen-bond acceptors (Lipinski definition) is 5. The first-order chi connectivity index (χ1) is 13.9. The predicted molar refractivity (Wildman–Crippen MR) is 113 cm³/mol. The number of benzene rings is 1. The molecule has 1 aliphatic heterocycles. The predicted octanol–water partition coefficient (Wildman–Crippen LogP) is 2.83. The molecule has 3 rings (SSSR count). The van der Waals surface area contributed by atoms with Crippen molar-refractivity contribution in [3.63, 3.8) is 0 Å². The van der Waals surface area contributed by atoms with Crippen molar-refractivity contribution in [2.24, 2.45) is 0 Å². The number of rotatable bonds is 7. The van der Waals surface area contributed by atoms with Crippen molar-refractivity contribution in [1.82, 2.24) is 25.0 Å². The van der Waals surface area contributed by atoms with Crippen molar-refractivity contribution >= 4 is 11.7 Å². The maximum absolute atomic E-state index is 12.4. The zero-order valence-electron chi connectivity index (χ0n) is 17.8. The van der Waals surface area contributed by atoms with Crippen LogP contribution < -0.4 is 10.6 Å². The SMILES string of the molecule is CC(C)n1cnnc1CCNC(=O)Nc1ccccc1CN1C[C@@H](C)O[C@@H](C)C1.